The second-order valence-electron chi connectivity index (χ2n) is 7.86. The van der Waals surface area contributed by atoms with Crippen LogP contribution in [0.3, 0.4) is 0 Å². The summed E-state index contributed by atoms with van der Waals surface area (Å²) in [6, 6.07) is 6.92. The third-order valence-corrected chi connectivity index (χ3v) is 6.82. The molecule has 2 aromatic rings. The number of aryl methyl sites for hydroxylation is 1. The molecule has 0 unspecified atom stereocenters. The Bertz CT molecular complexity index is 910. The summed E-state index contributed by atoms with van der Waals surface area (Å²) in [5, 5.41) is 13.0. The Labute approximate surface area is 185 Å². The van der Waals surface area contributed by atoms with E-state index in [9.17, 15) is 14.7 Å². The van der Waals surface area contributed by atoms with Gasteiger partial charge in [0.25, 0.3) is 0 Å². The van der Waals surface area contributed by atoms with Gasteiger partial charge in [0.1, 0.15) is 12.7 Å². The molecular formula is C22H27N3O5S. The van der Waals surface area contributed by atoms with Gasteiger partial charge in [0.15, 0.2) is 0 Å². The van der Waals surface area contributed by atoms with Crippen LogP contribution in [0.2, 0.25) is 0 Å². The Morgan fingerprint density at radius 1 is 1.29 bits per heavy atom. The number of ether oxygens (including phenoxy) is 2. The van der Waals surface area contributed by atoms with Crippen molar-refractivity contribution in [1.29, 1.82) is 0 Å². The van der Waals surface area contributed by atoms with Crippen LogP contribution in [0.15, 0.2) is 29.8 Å². The third-order valence-electron chi connectivity index (χ3n) is 5.90. The zero-order valence-electron chi connectivity index (χ0n) is 17.5. The van der Waals surface area contributed by atoms with Crippen molar-refractivity contribution < 1.29 is 24.2 Å². The molecule has 0 bridgehead atoms. The number of carbonyl (C=O) groups excluding carboxylic acids is 2. The molecule has 2 aliphatic rings. The van der Waals surface area contributed by atoms with Crippen LogP contribution >= 0.6 is 11.3 Å². The van der Waals surface area contributed by atoms with E-state index in [1.165, 1.54) is 11.3 Å². The number of aliphatic hydroxyl groups is 1. The van der Waals surface area contributed by atoms with Gasteiger partial charge in [-0.1, -0.05) is 12.1 Å². The van der Waals surface area contributed by atoms with Gasteiger partial charge in [-0.15, -0.1) is 11.3 Å². The minimum atomic E-state index is -0.495. The standard InChI is InChI=1S/C22H27N3O5S/c1-14-19(31-13-23-14)10-25-18(11-26)21(30-12-20(25)27)15-2-4-17(5-3-15)24-22(28)16-6-8-29-9-7-16/h2-5,13,16,18,21,26H,6-12H2,1H3,(H,24,28)/t18-,21-/m1/s1. The fraction of sp³-hybridized carbons (Fsp3) is 0.500. The number of rotatable bonds is 6. The smallest absolute Gasteiger partial charge is 0.249 e. The van der Waals surface area contributed by atoms with Crippen LogP contribution in [0.1, 0.15) is 35.1 Å². The largest absolute Gasteiger partial charge is 0.394 e. The molecular weight excluding hydrogens is 418 g/mol. The number of hydrogen-bond acceptors (Lipinski definition) is 7. The summed E-state index contributed by atoms with van der Waals surface area (Å²) in [6.07, 6.45) is 1.03. The molecule has 1 aromatic heterocycles. The molecule has 2 saturated heterocycles. The second kappa shape index (κ2) is 9.86. The Balaban J connectivity index is 1.45. The van der Waals surface area contributed by atoms with Crippen molar-refractivity contribution in [3.63, 3.8) is 0 Å². The Kier molecular flexibility index (Phi) is 6.96. The fourth-order valence-electron chi connectivity index (χ4n) is 4.01. The first-order valence-electron chi connectivity index (χ1n) is 10.5. The van der Waals surface area contributed by atoms with Crippen LogP contribution in [0.5, 0.6) is 0 Å². The monoisotopic (exact) mass is 445 g/mol. The lowest BCUT2D eigenvalue weighted by Gasteiger charge is -2.40. The molecule has 0 spiro atoms. The van der Waals surface area contributed by atoms with Crippen molar-refractivity contribution in [2.45, 2.75) is 38.5 Å². The van der Waals surface area contributed by atoms with E-state index in [-0.39, 0.29) is 30.9 Å². The molecule has 3 heterocycles. The molecule has 2 fully saturated rings. The van der Waals surface area contributed by atoms with Crippen molar-refractivity contribution in [3.05, 3.63) is 45.9 Å². The van der Waals surface area contributed by atoms with Gasteiger partial charge in [-0.25, -0.2) is 4.98 Å². The molecule has 4 rings (SSSR count). The lowest BCUT2D eigenvalue weighted by Crippen LogP contribution is -2.52. The number of nitrogens with one attached hydrogen (secondary N) is 1. The number of benzene rings is 1. The minimum Gasteiger partial charge on any atom is -0.394 e. The zero-order valence-corrected chi connectivity index (χ0v) is 18.3. The SMILES string of the molecule is Cc1ncsc1CN1C(=O)CO[C@H](c2ccc(NC(=O)C3CCOCC3)cc2)[C@H]1CO. The summed E-state index contributed by atoms with van der Waals surface area (Å²) in [5.41, 5.74) is 4.21. The Morgan fingerprint density at radius 3 is 2.68 bits per heavy atom. The van der Waals surface area contributed by atoms with Gasteiger partial charge in [-0.3, -0.25) is 9.59 Å². The van der Waals surface area contributed by atoms with E-state index >= 15 is 0 Å². The number of morpholine rings is 1. The maximum absolute atomic E-state index is 12.5. The molecule has 8 nitrogen and oxygen atoms in total. The van der Waals surface area contributed by atoms with Gasteiger partial charge in [0, 0.05) is 29.7 Å². The lowest BCUT2D eigenvalue weighted by molar-refractivity contribution is -0.161. The van der Waals surface area contributed by atoms with E-state index in [2.05, 4.69) is 10.3 Å². The number of aromatic nitrogens is 1. The number of amides is 2. The summed E-state index contributed by atoms with van der Waals surface area (Å²) in [7, 11) is 0. The molecule has 2 atom stereocenters. The van der Waals surface area contributed by atoms with Crippen molar-refractivity contribution in [2.75, 3.05) is 31.7 Å². The highest BCUT2D eigenvalue weighted by atomic mass is 32.1. The zero-order chi connectivity index (χ0) is 21.8. The highest BCUT2D eigenvalue weighted by Crippen LogP contribution is 2.32. The van der Waals surface area contributed by atoms with E-state index in [0.29, 0.717) is 25.4 Å². The van der Waals surface area contributed by atoms with E-state index in [1.807, 2.05) is 31.2 Å². The first-order valence-corrected chi connectivity index (χ1v) is 11.3. The Morgan fingerprint density at radius 2 is 2.03 bits per heavy atom. The van der Waals surface area contributed by atoms with Crippen LogP contribution in [0.25, 0.3) is 0 Å². The molecule has 31 heavy (non-hydrogen) atoms. The van der Waals surface area contributed by atoms with Crippen LogP contribution in [0.4, 0.5) is 5.69 Å². The first kappa shape index (κ1) is 21.9. The quantitative estimate of drug-likeness (QED) is 0.708. The van der Waals surface area contributed by atoms with Crippen LogP contribution in [0, 0.1) is 12.8 Å². The average molecular weight is 446 g/mol. The lowest BCUT2D eigenvalue weighted by atomic mass is 9.98. The second-order valence-corrected chi connectivity index (χ2v) is 8.80. The predicted molar refractivity (Wildman–Crippen MR) is 116 cm³/mol. The van der Waals surface area contributed by atoms with Gasteiger partial charge in [0.05, 0.1) is 30.4 Å². The number of carbonyl (C=O) groups is 2. The molecule has 9 heteroatoms. The predicted octanol–water partition coefficient (Wildman–Crippen LogP) is 2.28. The molecule has 0 saturated carbocycles. The first-order chi connectivity index (χ1) is 15.1. The van der Waals surface area contributed by atoms with Crippen LogP contribution in [-0.4, -0.2) is 59.3 Å². The van der Waals surface area contributed by atoms with Gasteiger partial charge in [-0.2, -0.15) is 0 Å². The summed E-state index contributed by atoms with van der Waals surface area (Å²) in [6.45, 7) is 3.30. The summed E-state index contributed by atoms with van der Waals surface area (Å²) in [5.74, 6) is -0.165. The summed E-state index contributed by atoms with van der Waals surface area (Å²) >= 11 is 1.50. The minimum absolute atomic E-state index is 0.00917. The number of hydrogen-bond donors (Lipinski definition) is 2. The summed E-state index contributed by atoms with van der Waals surface area (Å²) < 4.78 is 11.1. The van der Waals surface area contributed by atoms with Gasteiger partial charge >= 0.3 is 0 Å². The van der Waals surface area contributed by atoms with E-state index in [1.54, 1.807) is 10.4 Å². The maximum Gasteiger partial charge on any atom is 0.249 e. The van der Waals surface area contributed by atoms with E-state index < -0.39 is 12.1 Å². The van der Waals surface area contributed by atoms with E-state index in [0.717, 1.165) is 29.0 Å². The molecule has 2 amide bonds. The summed E-state index contributed by atoms with van der Waals surface area (Å²) in [4.78, 5) is 31.9. The normalized spacial score (nSPS) is 22.5. The van der Waals surface area contributed by atoms with Crippen LogP contribution in [-0.2, 0) is 25.6 Å². The molecule has 2 N–H and O–H groups in total. The molecule has 1 aromatic carbocycles. The molecule has 2 aliphatic heterocycles. The molecule has 166 valence electrons. The van der Waals surface area contributed by atoms with Crippen molar-refractivity contribution >= 4 is 28.8 Å². The number of thiazole rings is 1. The Hall–Kier alpha value is -2.33. The number of aliphatic hydroxyl groups excluding tert-OH is 1. The van der Waals surface area contributed by atoms with Crippen molar-refractivity contribution in [2.24, 2.45) is 5.92 Å². The van der Waals surface area contributed by atoms with Gasteiger partial charge in [0.2, 0.25) is 11.8 Å². The third kappa shape index (κ3) is 4.95. The average Bonchev–Trinajstić information content (AvgIpc) is 3.20. The van der Waals surface area contributed by atoms with Crippen LogP contribution < -0.4 is 5.32 Å². The molecule has 0 radical (unpaired) electrons. The maximum atomic E-state index is 12.5. The van der Waals surface area contributed by atoms with Gasteiger partial charge < -0.3 is 24.8 Å². The van der Waals surface area contributed by atoms with Crippen molar-refractivity contribution in [1.82, 2.24) is 9.88 Å². The highest BCUT2D eigenvalue weighted by molar-refractivity contribution is 7.09. The highest BCUT2D eigenvalue weighted by Gasteiger charge is 2.37. The number of anilines is 1. The molecule has 0 aliphatic carbocycles. The fourth-order valence-corrected chi connectivity index (χ4v) is 4.79. The topological polar surface area (TPSA) is 101 Å². The van der Waals surface area contributed by atoms with Gasteiger partial charge in [-0.05, 0) is 37.5 Å². The van der Waals surface area contributed by atoms with E-state index in [4.69, 9.17) is 9.47 Å². The van der Waals surface area contributed by atoms with Crippen molar-refractivity contribution in [3.8, 4) is 0 Å². The number of nitrogens with zero attached hydrogens (tertiary/aromatic N) is 2.